The first kappa shape index (κ1) is 29.3. The molecule has 0 amide bonds. The van der Waals surface area contributed by atoms with Crippen LogP contribution in [0.2, 0.25) is 5.02 Å². The molecule has 1 nitrogen and oxygen atoms in total. The Morgan fingerprint density at radius 1 is 0.700 bits per heavy atom. The maximum atomic E-state index is 15.0. The summed E-state index contributed by atoms with van der Waals surface area (Å²) in [5.41, 5.74) is -3.10. The number of ether oxygens (including phenoxy) is 1. The van der Waals surface area contributed by atoms with E-state index in [9.17, 15) is 39.5 Å². The van der Waals surface area contributed by atoms with Crippen LogP contribution in [0.25, 0.3) is 22.3 Å². The molecule has 0 aromatic heterocycles. The Bertz CT molecular complexity index is 1520. The van der Waals surface area contributed by atoms with Gasteiger partial charge in [-0.1, -0.05) is 24.9 Å². The molecule has 0 radical (unpaired) electrons. The van der Waals surface area contributed by atoms with E-state index in [0.717, 1.165) is 36.8 Å². The van der Waals surface area contributed by atoms with Gasteiger partial charge in [0.05, 0.1) is 10.6 Å². The highest BCUT2D eigenvalue weighted by Gasteiger charge is 2.41. The third kappa shape index (κ3) is 5.91. The monoisotopic (exact) mass is 588 g/mol. The van der Waals surface area contributed by atoms with Crippen molar-refractivity contribution in [3.63, 3.8) is 0 Å². The van der Waals surface area contributed by atoms with Gasteiger partial charge in [0.15, 0.2) is 17.5 Å². The zero-order chi connectivity index (χ0) is 29.4. The molecule has 4 aromatic rings. The first-order valence-corrected chi connectivity index (χ1v) is 12.2. The number of rotatable bonds is 8. The topological polar surface area (TPSA) is 9.23 Å². The van der Waals surface area contributed by atoms with Crippen molar-refractivity contribution in [1.82, 2.24) is 0 Å². The van der Waals surface area contributed by atoms with Crippen LogP contribution in [0.3, 0.4) is 0 Å². The molecule has 0 aliphatic carbocycles. The van der Waals surface area contributed by atoms with E-state index in [2.05, 4.69) is 4.74 Å². The van der Waals surface area contributed by atoms with Gasteiger partial charge in [0.1, 0.15) is 34.6 Å². The summed E-state index contributed by atoms with van der Waals surface area (Å²) in [6.07, 6.45) is -2.63. The summed E-state index contributed by atoms with van der Waals surface area (Å²) in [5, 5.41) is -0.928. The van der Waals surface area contributed by atoms with Gasteiger partial charge in [-0.3, -0.25) is 0 Å². The largest absolute Gasteiger partial charge is 0.431 e. The van der Waals surface area contributed by atoms with Crippen LogP contribution in [0.4, 0.5) is 39.5 Å². The lowest BCUT2D eigenvalue weighted by atomic mass is 9.98. The van der Waals surface area contributed by atoms with Crippen LogP contribution < -0.4 is 4.74 Å². The number of benzene rings is 4. The highest BCUT2D eigenvalue weighted by Crippen LogP contribution is 2.41. The number of hydrogen-bond donors (Lipinski definition) is 0. The lowest BCUT2D eigenvalue weighted by molar-refractivity contribution is -0.187. The van der Waals surface area contributed by atoms with Crippen molar-refractivity contribution in [2.24, 2.45) is 0 Å². The third-order valence-corrected chi connectivity index (χ3v) is 6.32. The van der Waals surface area contributed by atoms with E-state index in [0.29, 0.717) is 42.7 Å². The van der Waals surface area contributed by atoms with Crippen molar-refractivity contribution in [3.8, 4) is 28.0 Å². The molecule has 0 fully saturated rings. The zero-order valence-electron chi connectivity index (χ0n) is 20.5. The number of halogens is 10. The fourth-order valence-electron chi connectivity index (χ4n) is 4.13. The van der Waals surface area contributed by atoms with E-state index in [-0.39, 0.29) is 0 Å². The third-order valence-electron chi connectivity index (χ3n) is 6.02. The van der Waals surface area contributed by atoms with Gasteiger partial charge in [-0.15, -0.1) is 0 Å². The van der Waals surface area contributed by atoms with Crippen molar-refractivity contribution >= 4 is 11.6 Å². The zero-order valence-corrected chi connectivity index (χ0v) is 21.3. The molecule has 4 aromatic carbocycles. The summed E-state index contributed by atoms with van der Waals surface area (Å²) in [6.45, 7) is 1.90. The van der Waals surface area contributed by atoms with E-state index in [1.165, 1.54) is 0 Å². The molecule has 0 bridgehead atoms. The van der Waals surface area contributed by atoms with Gasteiger partial charge >= 0.3 is 6.11 Å². The molecule has 0 aliphatic heterocycles. The van der Waals surface area contributed by atoms with Gasteiger partial charge in [0.25, 0.3) is 0 Å². The van der Waals surface area contributed by atoms with E-state index in [1.807, 2.05) is 6.92 Å². The summed E-state index contributed by atoms with van der Waals surface area (Å²) in [6, 6.07) is 6.43. The summed E-state index contributed by atoms with van der Waals surface area (Å²) in [4.78, 5) is 0. The number of aryl methyl sites for hydroxylation is 1. The molecule has 0 saturated heterocycles. The number of hydrogen-bond acceptors (Lipinski definition) is 1. The summed E-state index contributed by atoms with van der Waals surface area (Å²) >= 11 is 5.90. The molecule has 0 heterocycles. The Labute approximate surface area is 227 Å². The molecular formula is C29H18ClF9O. The van der Waals surface area contributed by atoms with E-state index in [1.54, 1.807) is 0 Å². The van der Waals surface area contributed by atoms with Crippen LogP contribution >= 0.6 is 11.6 Å². The highest BCUT2D eigenvalue weighted by molar-refractivity contribution is 6.31. The van der Waals surface area contributed by atoms with Crippen molar-refractivity contribution in [2.45, 2.75) is 32.3 Å². The lowest BCUT2D eigenvalue weighted by Gasteiger charge is -2.21. The minimum absolute atomic E-state index is 0.372. The standard InChI is InChI=1S/C29H18ClF9O/c1-2-3-4-14-7-21(32)26(22(33)8-14)16-9-19(30)27(23(34)12-16)29(38,39)40-17-5-6-18(20(31)13-17)15-10-24(35)28(37)25(36)11-15/h5-13H,2-4H2,1H3. The molecule has 0 saturated carbocycles. The SMILES string of the molecule is CCCCc1cc(F)c(-c2cc(F)c(C(F)(F)Oc3ccc(-c4cc(F)c(F)c(F)c4)c(F)c3)c(Cl)c2)c(F)c1. The fourth-order valence-corrected chi connectivity index (χ4v) is 4.44. The lowest BCUT2D eigenvalue weighted by Crippen LogP contribution is -2.24. The fraction of sp³-hybridized carbons (Fsp3) is 0.172. The Morgan fingerprint density at radius 3 is 1.85 bits per heavy atom. The van der Waals surface area contributed by atoms with Crippen LogP contribution in [0.15, 0.2) is 54.6 Å². The molecular weight excluding hydrogens is 571 g/mol. The van der Waals surface area contributed by atoms with Crippen molar-refractivity contribution in [1.29, 1.82) is 0 Å². The maximum absolute atomic E-state index is 15.0. The smallest absolute Gasteiger partial charge is 0.429 e. The predicted octanol–water partition coefficient (Wildman–Crippen LogP) is 10.1. The van der Waals surface area contributed by atoms with Crippen LogP contribution in [0, 0.1) is 40.7 Å². The van der Waals surface area contributed by atoms with Crippen LogP contribution in [-0.4, -0.2) is 0 Å². The van der Waals surface area contributed by atoms with Crippen LogP contribution in [0.1, 0.15) is 30.9 Å². The quantitative estimate of drug-likeness (QED) is 0.147. The second kappa shape index (κ2) is 11.4. The van der Waals surface area contributed by atoms with E-state index < -0.39 is 85.4 Å². The first-order chi connectivity index (χ1) is 18.8. The highest BCUT2D eigenvalue weighted by atomic mass is 35.5. The molecule has 0 aliphatic rings. The van der Waals surface area contributed by atoms with Crippen molar-refractivity contribution in [2.75, 3.05) is 0 Å². The van der Waals surface area contributed by atoms with Crippen molar-refractivity contribution in [3.05, 3.63) is 111 Å². The second-order valence-electron chi connectivity index (χ2n) is 8.87. The Kier molecular flexibility index (Phi) is 8.39. The van der Waals surface area contributed by atoms with Crippen LogP contribution in [-0.2, 0) is 12.5 Å². The first-order valence-electron chi connectivity index (χ1n) is 11.8. The van der Waals surface area contributed by atoms with Gasteiger partial charge < -0.3 is 4.74 Å². The summed E-state index contributed by atoms with van der Waals surface area (Å²) in [5.74, 6) is -10.8. The van der Waals surface area contributed by atoms with Crippen molar-refractivity contribution < 1.29 is 44.3 Å². The molecule has 0 unspecified atom stereocenters. The van der Waals surface area contributed by atoms with Gasteiger partial charge in [-0.25, -0.2) is 30.7 Å². The average molecular weight is 589 g/mol. The molecule has 11 heteroatoms. The Hall–Kier alpha value is -3.66. The Morgan fingerprint density at radius 2 is 1.30 bits per heavy atom. The molecule has 4 rings (SSSR count). The van der Waals surface area contributed by atoms with Gasteiger partial charge in [-0.05, 0) is 78.1 Å². The Balaban J connectivity index is 1.64. The van der Waals surface area contributed by atoms with E-state index >= 15 is 0 Å². The minimum Gasteiger partial charge on any atom is -0.429 e. The van der Waals surface area contributed by atoms with Gasteiger partial charge in [0, 0.05) is 11.6 Å². The summed E-state index contributed by atoms with van der Waals surface area (Å²) < 4.78 is 134. The van der Waals surface area contributed by atoms with E-state index in [4.69, 9.17) is 11.6 Å². The summed E-state index contributed by atoms with van der Waals surface area (Å²) in [7, 11) is 0. The predicted molar refractivity (Wildman–Crippen MR) is 132 cm³/mol. The maximum Gasteiger partial charge on any atom is 0.431 e. The molecule has 40 heavy (non-hydrogen) atoms. The molecule has 0 N–H and O–H groups in total. The number of alkyl halides is 2. The van der Waals surface area contributed by atoms with Crippen LogP contribution in [0.5, 0.6) is 5.75 Å². The normalized spacial score (nSPS) is 11.7. The second-order valence-corrected chi connectivity index (χ2v) is 9.27. The molecule has 0 spiro atoms. The average Bonchev–Trinajstić information content (AvgIpc) is 2.84. The number of unbranched alkanes of at least 4 members (excludes halogenated alkanes) is 1. The molecule has 0 atom stereocenters. The molecule has 210 valence electrons. The van der Waals surface area contributed by atoms with Gasteiger partial charge in [0.2, 0.25) is 0 Å². The minimum atomic E-state index is -4.50. The van der Waals surface area contributed by atoms with Gasteiger partial charge in [-0.2, -0.15) is 8.78 Å².